The minimum atomic E-state index is -0.730. The van der Waals surface area contributed by atoms with Gasteiger partial charge in [0.15, 0.2) is 0 Å². The molecule has 112 valence electrons. The van der Waals surface area contributed by atoms with E-state index in [1.54, 1.807) is 12.1 Å². The Bertz CT molecular complexity index is 734. The van der Waals surface area contributed by atoms with Gasteiger partial charge in [0.25, 0.3) is 5.91 Å². The molecule has 0 fully saturated rings. The maximum Gasteiger partial charge on any atom is 0.254 e. The molecule has 1 amide bonds. The highest BCUT2D eigenvalue weighted by molar-refractivity contribution is 5.99. The molecule has 6 heteroatoms. The van der Waals surface area contributed by atoms with Crippen LogP contribution >= 0.6 is 0 Å². The van der Waals surface area contributed by atoms with Crippen molar-refractivity contribution in [2.75, 3.05) is 26.4 Å². The molecular formula is C15H20N4O2. The Morgan fingerprint density at radius 3 is 2.67 bits per heavy atom. The molecule has 0 saturated carbocycles. The van der Waals surface area contributed by atoms with E-state index in [4.69, 9.17) is 11.5 Å². The molecule has 0 aliphatic carbocycles. The predicted molar refractivity (Wildman–Crippen MR) is 84.3 cm³/mol. The van der Waals surface area contributed by atoms with Gasteiger partial charge in [0.2, 0.25) is 5.43 Å². The Kier molecular flexibility index (Phi) is 4.28. The van der Waals surface area contributed by atoms with E-state index in [1.165, 1.54) is 6.20 Å². The van der Waals surface area contributed by atoms with E-state index < -0.39 is 11.3 Å². The lowest BCUT2D eigenvalue weighted by atomic mass is 10.1. The van der Waals surface area contributed by atoms with Crippen LogP contribution in [-0.2, 0) is 6.54 Å². The van der Waals surface area contributed by atoms with Crippen LogP contribution in [0, 0.1) is 0 Å². The third kappa shape index (κ3) is 3.05. The van der Waals surface area contributed by atoms with Crippen molar-refractivity contribution >= 4 is 22.5 Å². The zero-order valence-electron chi connectivity index (χ0n) is 12.3. The van der Waals surface area contributed by atoms with Crippen LogP contribution in [0.3, 0.4) is 0 Å². The first kappa shape index (κ1) is 15.1. The molecule has 0 spiro atoms. The van der Waals surface area contributed by atoms with Gasteiger partial charge >= 0.3 is 0 Å². The van der Waals surface area contributed by atoms with Gasteiger partial charge in [-0.05, 0) is 39.2 Å². The highest BCUT2D eigenvalue weighted by Gasteiger charge is 2.14. The summed E-state index contributed by atoms with van der Waals surface area (Å²) in [7, 11) is 3.99. The van der Waals surface area contributed by atoms with E-state index in [0.29, 0.717) is 17.6 Å². The Balaban J connectivity index is 2.58. The normalized spacial score (nSPS) is 11.2. The molecular weight excluding hydrogens is 268 g/mol. The number of nitrogens with zero attached hydrogens (tertiary/aromatic N) is 2. The summed E-state index contributed by atoms with van der Waals surface area (Å²) < 4.78 is 1.87. The van der Waals surface area contributed by atoms with E-state index in [2.05, 4.69) is 4.90 Å². The molecule has 1 heterocycles. The number of fused-ring (bicyclic) bond motifs is 1. The minimum Gasteiger partial charge on any atom is -0.398 e. The van der Waals surface area contributed by atoms with Crippen molar-refractivity contribution in [3.05, 3.63) is 40.2 Å². The molecule has 0 radical (unpaired) electrons. The van der Waals surface area contributed by atoms with Crippen LogP contribution in [0.5, 0.6) is 0 Å². The predicted octanol–water partition coefficient (Wildman–Crippen LogP) is 0.634. The van der Waals surface area contributed by atoms with Gasteiger partial charge in [0.1, 0.15) is 5.56 Å². The summed E-state index contributed by atoms with van der Waals surface area (Å²) in [6.45, 7) is 1.58. The number of primary amides is 1. The molecule has 0 atom stereocenters. The fourth-order valence-corrected chi connectivity index (χ4v) is 2.38. The molecule has 4 N–H and O–H groups in total. The van der Waals surface area contributed by atoms with Crippen LogP contribution in [0.2, 0.25) is 0 Å². The highest BCUT2D eigenvalue weighted by Crippen LogP contribution is 2.18. The van der Waals surface area contributed by atoms with Crippen LogP contribution in [0.15, 0.2) is 29.2 Å². The summed E-state index contributed by atoms with van der Waals surface area (Å²) in [5.41, 5.74) is 11.9. The van der Waals surface area contributed by atoms with Crippen LogP contribution in [0.4, 0.5) is 5.69 Å². The topological polar surface area (TPSA) is 94.3 Å². The molecule has 0 unspecified atom stereocenters. The average Bonchev–Trinajstić information content (AvgIpc) is 2.40. The lowest BCUT2D eigenvalue weighted by molar-refractivity contribution is 0.0998. The number of benzene rings is 1. The Morgan fingerprint density at radius 1 is 1.33 bits per heavy atom. The summed E-state index contributed by atoms with van der Waals surface area (Å²) in [5.74, 6) is -0.730. The number of rotatable bonds is 5. The van der Waals surface area contributed by atoms with Gasteiger partial charge in [-0.2, -0.15) is 0 Å². The molecule has 2 aromatic rings. The van der Waals surface area contributed by atoms with Crippen molar-refractivity contribution in [2.45, 2.75) is 13.0 Å². The SMILES string of the molecule is CN(C)CCCn1cc(C(N)=O)c(=O)c2c(N)cccc21. The monoisotopic (exact) mass is 288 g/mol. The van der Waals surface area contributed by atoms with Crippen molar-refractivity contribution in [3.63, 3.8) is 0 Å². The Labute approximate surface area is 122 Å². The summed E-state index contributed by atoms with van der Waals surface area (Å²) >= 11 is 0. The summed E-state index contributed by atoms with van der Waals surface area (Å²) in [5, 5.41) is 0.360. The first-order valence-electron chi connectivity index (χ1n) is 6.78. The standard InChI is InChI=1S/C15H20N4O2/c1-18(2)7-4-8-19-9-10(15(17)21)14(20)13-11(16)5-3-6-12(13)19/h3,5-6,9H,4,7-8,16H2,1-2H3,(H2,17,21). The van der Waals surface area contributed by atoms with Gasteiger partial charge < -0.3 is 20.9 Å². The van der Waals surface area contributed by atoms with E-state index >= 15 is 0 Å². The number of hydrogen-bond acceptors (Lipinski definition) is 4. The van der Waals surface area contributed by atoms with Gasteiger partial charge in [-0.15, -0.1) is 0 Å². The first-order valence-corrected chi connectivity index (χ1v) is 6.78. The zero-order valence-corrected chi connectivity index (χ0v) is 12.3. The van der Waals surface area contributed by atoms with Gasteiger partial charge in [-0.1, -0.05) is 6.07 Å². The van der Waals surface area contributed by atoms with Crippen molar-refractivity contribution in [3.8, 4) is 0 Å². The van der Waals surface area contributed by atoms with Gasteiger partial charge in [-0.25, -0.2) is 0 Å². The smallest absolute Gasteiger partial charge is 0.254 e. The molecule has 0 saturated heterocycles. The highest BCUT2D eigenvalue weighted by atomic mass is 16.2. The second-order valence-corrected chi connectivity index (χ2v) is 5.33. The maximum absolute atomic E-state index is 12.3. The summed E-state index contributed by atoms with van der Waals surface area (Å²) in [6, 6.07) is 5.27. The van der Waals surface area contributed by atoms with Crippen molar-refractivity contribution in [1.82, 2.24) is 9.47 Å². The number of aryl methyl sites for hydroxylation is 1. The van der Waals surface area contributed by atoms with Crippen molar-refractivity contribution in [2.24, 2.45) is 5.73 Å². The summed E-state index contributed by atoms with van der Waals surface area (Å²) in [6.07, 6.45) is 2.42. The number of amides is 1. The van der Waals surface area contributed by atoms with Crippen molar-refractivity contribution in [1.29, 1.82) is 0 Å². The first-order chi connectivity index (χ1) is 9.91. The molecule has 6 nitrogen and oxygen atoms in total. The van der Waals surface area contributed by atoms with E-state index in [0.717, 1.165) is 18.5 Å². The molecule has 0 aliphatic heterocycles. The minimum absolute atomic E-state index is 0.0229. The quantitative estimate of drug-likeness (QED) is 0.789. The number of anilines is 1. The summed E-state index contributed by atoms with van der Waals surface area (Å²) in [4.78, 5) is 25.9. The molecule has 21 heavy (non-hydrogen) atoms. The van der Waals surface area contributed by atoms with Crippen LogP contribution in [-0.4, -0.2) is 36.0 Å². The third-order valence-corrected chi connectivity index (χ3v) is 3.41. The van der Waals surface area contributed by atoms with Crippen molar-refractivity contribution < 1.29 is 4.79 Å². The molecule has 2 rings (SSSR count). The van der Waals surface area contributed by atoms with Crippen LogP contribution < -0.4 is 16.9 Å². The van der Waals surface area contributed by atoms with Crippen LogP contribution in [0.25, 0.3) is 10.9 Å². The molecule has 0 bridgehead atoms. The van der Waals surface area contributed by atoms with E-state index in [1.807, 2.05) is 24.7 Å². The maximum atomic E-state index is 12.3. The third-order valence-electron chi connectivity index (χ3n) is 3.41. The van der Waals surface area contributed by atoms with E-state index in [-0.39, 0.29) is 5.56 Å². The number of carbonyl (C=O) groups excluding carboxylic acids is 1. The second-order valence-electron chi connectivity index (χ2n) is 5.33. The molecule has 0 aliphatic rings. The van der Waals surface area contributed by atoms with Gasteiger partial charge in [0.05, 0.1) is 10.9 Å². The fourth-order valence-electron chi connectivity index (χ4n) is 2.38. The Hall–Kier alpha value is -2.34. The van der Waals surface area contributed by atoms with Crippen LogP contribution in [0.1, 0.15) is 16.8 Å². The molecule has 1 aromatic heterocycles. The second kappa shape index (κ2) is 5.97. The number of nitrogens with two attached hydrogens (primary N) is 2. The lowest BCUT2D eigenvalue weighted by Crippen LogP contribution is -2.25. The van der Waals surface area contributed by atoms with E-state index in [9.17, 15) is 9.59 Å². The number of nitrogen functional groups attached to an aromatic ring is 1. The number of hydrogen-bond donors (Lipinski definition) is 2. The van der Waals surface area contributed by atoms with Gasteiger partial charge in [0, 0.05) is 18.4 Å². The fraction of sp³-hybridized carbons (Fsp3) is 0.333. The lowest BCUT2D eigenvalue weighted by Gasteiger charge is -2.15. The Morgan fingerprint density at radius 2 is 2.05 bits per heavy atom. The molecule has 1 aromatic carbocycles. The number of carbonyl (C=O) groups is 1. The number of aromatic nitrogens is 1. The zero-order chi connectivity index (χ0) is 15.6. The number of pyridine rings is 1. The average molecular weight is 288 g/mol. The van der Waals surface area contributed by atoms with Gasteiger partial charge in [-0.3, -0.25) is 9.59 Å². The largest absolute Gasteiger partial charge is 0.398 e.